The highest BCUT2D eigenvalue weighted by atomic mass is 32.1. The Balaban J connectivity index is 2.21. The predicted molar refractivity (Wildman–Crippen MR) is 88.1 cm³/mol. The topological polar surface area (TPSA) is 32.5 Å². The molecule has 4 heteroatoms. The molecule has 1 aliphatic rings. The van der Waals surface area contributed by atoms with Crippen LogP contribution in [0.25, 0.3) is 0 Å². The number of nitrogens with two attached hydrogens (primary N) is 1. The Morgan fingerprint density at radius 1 is 1.55 bits per heavy atom. The third kappa shape index (κ3) is 3.25. The van der Waals surface area contributed by atoms with Crippen molar-refractivity contribution in [2.45, 2.75) is 57.8 Å². The Bertz CT molecular complexity index is 404. The molecule has 0 aliphatic carbocycles. The van der Waals surface area contributed by atoms with Gasteiger partial charge in [0.05, 0.1) is 0 Å². The number of rotatable bonds is 5. The van der Waals surface area contributed by atoms with Gasteiger partial charge in [0.2, 0.25) is 0 Å². The van der Waals surface area contributed by atoms with E-state index in [1.165, 1.54) is 17.7 Å². The number of piperidine rings is 1. The SMILES string of the molecule is CC1CC(CN)(N(Cc2cccs2)C(C)C)CCN1C. The summed E-state index contributed by atoms with van der Waals surface area (Å²) < 4.78 is 0. The Kier molecular flexibility index (Phi) is 5.24. The smallest absolute Gasteiger partial charge is 0.0365 e. The van der Waals surface area contributed by atoms with Gasteiger partial charge in [-0.2, -0.15) is 0 Å². The normalized spacial score (nSPS) is 28.4. The van der Waals surface area contributed by atoms with Crippen LogP contribution < -0.4 is 5.73 Å². The molecule has 1 aliphatic heterocycles. The van der Waals surface area contributed by atoms with Gasteiger partial charge >= 0.3 is 0 Å². The predicted octanol–water partition coefficient (Wildman–Crippen LogP) is 2.77. The van der Waals surface area contributed by atoms with Gasteiger partial charge in [0.25, 0.3) is 0 Å². The van der Waals surface area contributed by atoms with Gasteiger partial charge in [-0.15, -0.1) is 11.3 Å². The van der Waals surface area contributed by atoms with Crippen LogP contribution in [0.15, 0.2) is 17.5 Å². The van der Waals surface area contributed by atoms with E-state index in [1.54, 1.807) is 0 Å². The molecule has 2 rings (SSSR count). The molecule has 0 aromatic carbocycles. The molecule has 20 heavy (non-hydrogen) atoms. The van der Waals surface area contributed by atoms with E-state index in [9.17, 15) is 0 Å². The lowest BCUT2D eigenvalue weighted by Crippen LogP contribution is -2.62. The minimum Gasteiger partial charge on any atom is -0.329 e. The van der Waals surface area contributed by atoms with Gasteiger partial charge in [0.15, 0.2) is 0 Å². The van der Waals surface area contributed by atoms with Gasteiger partial charge in [0, 0.05) is 35.6 Å². The van der Waals surface area contributed by atoms with Gasteiger partial charge in [-0.3, -0.25) is 4.90 Å². The second-order valence-electron chi connectivity index (χ2n) is 6.51. The number of likely N-dealkylation sites (tertiary alicyclic amines) is 1. The van der Waals surface area contributed by atoms with E-state index in [2.05, 4.69) is 55.1 Å². The maximum Gasteiger partial charge on any atom is 0.0365 e. The van der Waals surface area contributed by atoms with E-state index in [-0.39, 0.29) is 5.54 Å². The molecule has 0 spiro atoms. The molecule has 1 fully saturated rings. The molecule has 2 heterocycles. The Labute approximate surface area is 127 Å². The quantitative estimate of drug-likeness (QED) is 0.906. The van der Waals surface area contributed by atoms with Crippen molar-refractivity contribution in [3.8, 4) is 0 Å². The Morgan fingerprint density at radius 2 is 2.30 bits per heavy atom. The van der Waals surface area contributed by atoms with Crippen molar-refractivity contribution in [1.82, 2.24) is 9.80 Å². The van der Waals surface area contributed by atoms with Crippen LogP contribution >= 0.6 is 11.3 Å². The fourth-order valence-electron chi connectivity index (χ4n) is 3.44. The minimum absolute atomic E-state index is 0.157. The van der Waals surface area contributed by atoms with Crippen LogP contribution in [0, 0.1) is 0 Å². The standard InChI is InChI=1S/C16H29N3S/c1-13(2)19(11-15-6-5-9-20-15)16(12-17)7-8-18(4)14(3)10-16/h5-6,9,13-14H,7-8,10-12,17H2,1-4H3. The number of nitrogens with zero attached hydrogens (tertiary/aromatic N) is 2. The molecule has 1 saturated heterocycles. The molecule has 0 amide bonds. The average Bonchev–Trinajstić information content (AvgIpc) is 2.92. The summed E-state index contributed by atoms with van der Waals surface area (Å²) in [5, 5.41) is 2.17. The van der Waals surface area contributed by atoms with E-state index in [4.69, 9.17) is 5.73 Å². The summed E-state index contributed by atoms with van der Waals surface area (Å²) >= 11 is 1.85. The molecule has 3 nitrogen and oxygen atoms in total. The van der Waals surface area contributed by atoms with Gasteiger partial charge in [-0.25, -0.2) is 0 Å². The average molecular weight is 295 g/mol. The van der Waals surface area contributed by atoms with E-state index < -0.39 is 0 Å². The molecule has 0 bridgehead atoms. The second-order valence-corrected chi connectivity index (χ2v) is 7.55. The van der Waals surface area contributed by atoms with Crippen molar-refractivity contribution in [2.75, 3.05) is 20.1 Å². The van der Waals surface area contributed by atoms with Crippen LogP contribution in [-0.4, -0.2) is 47.6 Å². The Hall–Kier alpha value is -0.420. The summed E-state index contributed by atoms with van der Waals surface area (Å²) in [6.07, 6.45) is 2.34. The third-order valence-corrected chi connectivity index (χ3v) is 5.74. The highest BCUT2D eigenvalue weighted by Crippen LogP contribution is 2.34. The van der Waals surface area contributed by atoms with Gasteiger partial charge in [0.1, 0.15) is 0 Å². The number of hydrogen-bond acceptors (Lipinski definition) is 4. The summed E-state index contributed by atoms with van der Waals surface area (Å²) in [5.74, 6) is 0. The Morgan fingerprint density at radius 3 is 2.80 bits per heavy atom. The molecule has 1 aromatic rings. The van der Waals surface area contributed by atoms with Crippen LogP contribution in [0.3, 0.4) is 0 Å². The second kappa shape index (κ2) is 6.56. The fraction of sp³-hybridized carbons (Fsp3) is 0.750. The van der Waals surface area contributed by atoms with Crippen molar-refractivity contribution >= 4 is 11.3 Å². The van der Waals surface area contributed by atoms with E-state index in [0.717, 1.165) is 19.6 Å². The minimum atomic E-state index is 0.157. The third-order valence-electron chi connectivity index (χ3n) is 4.88. The first kappa shape index (κ1) is 16.0. The molecule has 2 unspecified atom stereocenters. The molecule has 2 N–H and O–H groups in total. The zero-order valence-corrected chi connectivity index (χ0v) is 14.1. The van der Waals surface area contributed by atoms with Crippen LogP contribution in [-0.2, 0) is 6.54 Å². The van der Waals surface area contributed by atoms with Crippen molar-refractivity contribution in [3.63, 3.8) is 0 Å². The van der Waals surface area contributed by atoms with Gasteiger partial charge in [-0.05, 0) is 58.7 Å². The zero-order chi connectivity index (χ0) is 14.8. The summed E-state index contributed by atoms with van der Waals surface area (Å²) in [5.41, 5.74) is 6.41. The summed E-state index contributed by atoms with van der Waals surface area (Å²) in [7, 11) is 2.23. The summed E-state index contributed by atoms with van der Waals surface area (Å²) in [4.78, 5) is 6.54. The largest absolute Gasteiger partial charge is 0.329 e. The van der Waals surface area contributed by atoms with Crippen LogP contribution in [0.4, 0.5) is 0 Å². The van der Waals surface area contributed by atoms with Gasteiger partial charge < -0.3 is 10.6 Å². The van der Waals surface area contributed by atoms with E-state index >= 15 is 0 Å². The maximum absolute atomic E-state index is 6.26. The van der Waals surface area contributed by atoms with Crippen molar-refractivity contribution in [3.05, 3.63) is 22.4 Å². The van der Waals surface area contributed by atoms with Crippen LogP contribution in [0.1, 0.15) is 38.5 Å². The van der Waals surface area contributed by atoms with E-state index in [0.29, 0.717) is 12.1 Å². The zero-order valence-electron chi connectivity index (χ0n) is 13.3. The lowest BCUT2D eigenvalue weighted by atomic mass is 9.81. The molecule has 0 saturated carbocycles. The molecule has 1 aromatic heterocycles. The maximum atomic E-state index is 6.26. The molecular weight excluding hydrogens is 266 g/mol. The van der Waals surface area contributed by atoms with Gasteiger partial charge in [-0.1, -0.05) is 6.07 Å². The number of thiophene rings is 1. The highest BCUT2D eigenvalue weighted by Gasteiger charge is 2.41. The first-order valence-electron chi connectivity index (χ1n) is 7.68. The van der Waals surface area contributed by atoms with Crippen LogP contribution in [0.2, 0.25) is 0 Å². The molecular formula is C16H29N3S. The lowest BCUT2D eigenvalue weighted by molar-refractivity contribution is -0.0137. The van der Waals surface area contributed by atoms with Crippen molar-refractivity contribution < 1.29 is 0 Å². The highest BCUT2D eigenvalue weighted by molar-refractivity contribution is 7.09. The first-order chi connectivity index (χ1) is 9.48. The lowest BCUT2D eigenvalue weighted by Gasteiger charge is -2.52. The monoisotopic (exact) mass is 295 g/mol. The van der Waals surface area contributed by atoms with Crippen LogP contribution in [0.5, 0.6) is 0 Å². The molecule has 2 atom stereocenters. The van der Waals surface area contributed by atoms with Crippen molar-refractivity contribution in [1.29, 1.82) is 0 Å². The fourth-order valence-corrected chi connectivity index (χ4v) is 4.15. The van der Waals surface area contributed by atoms with E-state index in [1.807, 2.05) is 11.3 Å². The summed E-state index contributed by atoms with van der Waals surface area (Å²) in [6, 6.07) is 5.52. The molecule has 114 valence electrons. The number of hydrogen-bond donors (Lipinski definition) is 1. The first-order valence-corrected chi connectivity index (χ1v) is 8.56. The van der Waals surface area contributed by atoms with Crippen molar-refractivity contribution in [2.24, 2.45) is 5.73 Å². The summed E-state index contributed by atoms with van der Waals surface area (Å²) in [6.45, 7) is 9.86. The molecule has 0 radical (unpaired) electrons.